The average molecular weight is 431 g/mol. The number of piperazine rings is 1. The van der Waals surface area contributed by atoms with Gasteiger partial charge in [0, 0.05) is 36.8 Å². The van der Waals surface area contributed by atoms with Crippen LogP contribution in [-0.2, 0) is 4.74 Å². The van der Waals surface area contributed by atoms with Crippen LogP contribution in [-0.4, -0.2) is 59.0 Å². The second-order valence-electron chi connectivity index (χ2n) is 7.68. The second kappa shape index (κ2) is 9.70. The van der Waals surface area contributed by atoms with Crippen LogP contribution in [0, 0.1) is 0 Å². The maximum atomic E-state index is 13.6. The Labute approximate surface area is 187 Å². The molecule has 1 aliphatic rings. The third-order valence-electron chi connectivity index (χ3n) is 5.33. The molecule has 1 fully saturated rings. The van der Waals surface area contributed by atoms with Gasteiger partial charge in [0.25, 0.3) is 5.91 Å². The van der Waals surface area contributed by atoms with Gasteiger partial charge in [0.05, 0.1) is 12.3 Å². The third kappa shape index (κ3) is 4.53. The first kappa shape index (κ1) is 21.6. The topological polar surface area (TPSA) is 84.4 Å². The van der Waals surface area contributed by atoms with E-state index in [-0.39, 0.29) is 29.8 Å². The average Bonchev–Trinajstić information content (AvgIpc) is 2.84. The van der Waals surface area contributed by atoms with E-state index in [1.54, 1.807) is 11.8 Å². The highest BCUT2D eigenvalue weighted by molar-refractivity contribution is 6.08. The summed E-state index contributed by atoms with van der Waals surface area (Å²) in [7, 11) is 0. The molecule has 32 heavy (non-hydrogen) atoms. The maximum absolute atomic E-state index is 13.6. The van der Waals surface area contributed by atoms with Gasteiger partial charge in [-0.1, -0.05) is 60.7 Å². The summed E-state index contributed by atoms with van der Waals surface area (Å²) in [5.41, 5.74) is 2.06. The minimum absolute atomic E-state index is 0.0743. The van der Waals surface area contributed by atoms with E-state index in [1.165, 1.54) is 0 Å². The first-order valence-electron chi connectivity index (χ1n) is 10.8. The number of amides is 1. The van der Waals surface area contributed by atoms with Gasteiger partial charge in [-0.3, -0.25) is 4.79 Å². The predicted octanol–water partition coefficient (Wildman–Crippen LogP) is 3.42. The van der Waals surface area contributed by atoms with Crippen LogP contribution < -0.4 is 5.32 Å². The Balaban J connectivity index is 1.94. The van der Waals surface area contributed by atoms with E-state index < -0.39 is 5.97 Å². The Kier molecular flexibility index (Phi) is 6.56. The molecule has 1 aliphatic heterocycles. The monoisotopic (exact) mass is 430 g/mol. The quantitative estimate of drug-likeness (QED) is 0.625. The summed E-state index contributed by atoms with van der Waals surface area (Å²) in [4.78, 5) is 37.8. The van der Waals surface area contributed by atoms with Crippen molar-refractivity contribution in [3.8, 4) is 22.6 Å². The Hall–Kier alpha value is -3.58. The molecule has 0 aliphatic carbocycles. The lowest BCUT2D eigenvalue weighted by Crippen LogP contribution is -2.51. The largest absolute Gasteiger partial charge is 0.462 e. The van der Waals surface area contributed by atoms with E-state index in [1.807, 2.05) is 67.6 Å². The molecular weight excluding hydrogens is 404 g/mol. The van der Waals surface area contributed by atoms with E-state index in [9.17, 15) is 9.59 Å². The molecule has 0 bridgehead atoms. The molecule has 2 heterocycles. The van der Waals surface area contributed by atoms with Crippen molar-refractivity contribution in [2.75, 3.05) is 26.2 Å². The highest BCUT2D eigenvalue weighted by atomic mass is 16.5. The highest BCUT2D eigenvalue weighted by Crippen LogP contribution is 2.29. The van der Waals surface area contributed by atoms with Crippen LogP contribution in [0.1, 0.15) is 34.7 Å². The molecule has 0 spiro atoms. The fourth-order valence-electron chi connectivity index (χ4n) is 3.80. The number of rotatable bonds is 5. The smallest absolute Gasteiger partial charge is 0.342 e. The van der Waals surface area contributed by atoms with Crippen LogP contribution in [0.15, 0.2) is 60.7 Å². The lowest BCUT2D eigenvalue weighted by atomic mass is 10.0. The van der Waals surface area contributed by atoms with Gasteiger partial charge in [-0.15, -0.1) is 0 Å². The van der Waals surface area contributed by atoms with Gasteiger partial charge in [0.15, 0.2) is 5.82 Å². The zero-order chi connectivity index (χ0) is 22.5. The van der Waals surface area contributed by atoms with Gasteiger partial charge in [-0.25, -0.2) is 14.8 Å². The van der Waals surface area contributed by atoms with Crippen LogP contribution in [0.25, 0.3) is 22.6 Å². The molecule has 0 radical (unpaired) electrons. The molecule has 4 rings (SSSR count). The first-order chi connectivity index (χ1) is 15.6. The van der Waals surface area contributed by atoms with E-state index in [4.69, 9.17) is 9.72 Å². The van der Waals surface area contributed by atoms with Crippen molar-refractivity contribution in [1.29, 1.82) is 0 Å². The van der Waals surface area contributed by atoms with Crippen molar-refractivity contribution >= 4 is 11.9 Å². The molecule has 1 unspecified atom stereocenters. The number of nitrogens with zero attached hydrogens (tertiary/aromatic N) is 3. The molecule has 2 aromatic carbocycles. The second-order valence-corrected chi connectivity index (χ2v) is 7.68. The molecule has 1 N–H and O–H groups in total. The first-order valence-corrected chi connectivity index (χ1v) is 10.8. The summed E-state index contributed by atoms with van der Waals surface area (Å²) in [5.74, 6) is -0.500. The molecule has 1 aromatic heterocycles. The van der Waals surface area contributed by atoms with Gasteiger partial charge in [0.2, 0.25) is 0 Å². The highest BCUT2D eigenvalue weighted by Gasteiger charge is 2.31. The van der Waals surface area contributed by atoms with Gasteiger partial charge in [-0.05, 0) is 13.8 Å². The summed E-state index contributed by atoms with van der Waals surface area (Å²) >= 11 is 0. The molecule has 7 nitrogen and oxygen atoms in total. The minimum atomic E-state index is -0.600. The summed E-state index contributed by atoms with van der Waals surface area (Å²) in [5, 5.41) is 3.33. The molecular formula is C25H26N4O3. The number of hydrogen-bond donors (Lipinski definition) is 1. The van der Waals surface area contributed by atoms with Gasteiger partial charge in [-0.2, -0.15) is 0 Å². The van der Waals surface area contributed by atoms with E-state index >= 15 is 0 Å². The van der Waals surface area contributed by atoms with E-state index in [0.717, 1.165) is 11.1 Å². The number of esters is 1. The summed E-state index contributed by atoms with van der Waals surface area (Å²) in [6, 6.07) is 19.0. The Morgan fingerprint density at radius 1 is 1.03 bits per heavy atom. The number of nitrogens with one attached hydrogen (secondary N) is 1. The van der Waals surface area contributed by atoms with Gasteiger partial charge >= 0.3 is 5.97 Å². The normalized spacial score (nSPS) is 15.9. The molecule has 1 amide bonds. The van der Waals surface area contributed by atoms with Crippen LogP contribution >= 0.6 is 0 Å². The van der Waals surface area contributed by atoms with Crippen LogP contribution in [0.3, 0.4) is 0 Å². The molecule has 3 aromatic rings. The summed E-state index contributed by atoms with van der Waals surface area (Å²) in [6.45, 7) is 5.70. The van der Waals surface area contributed by atoms with Crippen molar-refractivity contribution in [2.24, 2.45) is 0 Å². The van der Waals surface area contributed by atoms with Crippen molar-refractivity contribution in [1.82, 2.24) is 20.2 Å². The van der Waals surface area contributed by atoms with E-state index in [2.05, 4.69) is 10.3 Å². The lowest BCUT2D eigenvalue weighted by Gasteiger charge is -2.32. The Morgan fingerprint density at radius 2 is 1.69 bits per heavy atom. The SMILES string of the molecule is CCOC(=O)c1c(C(=O)N2CCNC(C)C2)nc(-c2ccccc2)nc1-c1ccccc1. The zero-order valence-corrected chi connectivity index (χ0v) is 18.2. The van der Waals surface area contributed by atoms with Crippen molar-refractivity contribution in [3.63, 3.8) is 0 Å². The van der Waals surface area contributed by atoms with Gasteiger partial charge in [0.1, 0.15) is 11.3 Å². The molecule has 0 saturated carbocycles. The molecule has 164 valence electrons. The van der Waals surface area contributed by atoms with Crippen molar-refractivity contribution in [3.05, 3.63) is 71.9 Å². The number of benzene rings is 2. The zero-order valence-electron chi connectivity index (χ0n) is 18.2. The van der Waals surface area contributed by atoms with Gasteiger partial charge < -0.3 is 15.0 Å². The standard InChI is InChI=1S/C25H26N4O3/c1-3-32-25(31)20-21(18-10-6-4-7-11-18)27-23(19-12-8-5-9-13-19)28-22(20)24(30)29-15-14-26-17(2)16-29/h4-13,17,26H,3,14-16H2,1-2H3. The van der Waals surface area contributed by atoms with E-state index in [0.29, 0.717) is 31.2 Å². The van der Waals surface area contributed by atoms with Crippen molar-refractivity contribution in [2.45, 2.75) is 19.9 Å². The fraction of sp³-hybridized carbons (Fsp3) is 0.280. The summed E-state index contributed by atoms with van der Waals surface area (Å²) < 4.78 is 5.33. The Morgan fingerprint density at radius 3 is 2.31 bits per heavy atom. The number of carbonyl (C=O) groups excluding carboxylic acids is 2. The minimum Gasteiger partial charge on any atom is -0.462 e. The molecule has 7 heteroatoms. The summed E-state index contributed by atoms with van der Waals surface area (Å²) in [6.07, 6.45) is 0. The number of hydrogen-bond acceptors (Lipinski definition) is 6. The number of aromatic nitrogens is 2. The van der Waals surface area contributed by atoms with Crippen LogP contribution in [0.4, 0.5) is 0 Å². The van der Waals surface area contributed by atoms with Crippen molar-refractivity contribution < 1.29 is 14.3 Å². The third-order valence-corrected chi connectivity index (χ3v) is 5.33. The Bertz CT molecular complexity index is 1100. The number of carbonyl (C=O) groups is 2. The predicted molar refractivity (Wildman–Crippen MR) is 122 cm³/mol. The van der Waals surface area contributed by atoms with Crippen LogP contribution in [0.2, 0.25) is 0 Å². The number of ether oxygens (including phenoxy) is 1. The molecule has 1 saturated heterocycles. The fourth-order valence-corrected chi connectivity index (χ4v) is 3.80. The lowest BCUT2D eigenvalue weighted by molar-refractivity contribution is 0.0516. The molecule has 1 atom stereocenters. The maximum Gasteiger partial charge on any atom is 0.342 e. The van der Waals surface area contributed by atoms with Crippen LogP contribution in [0.5, 0.6) is 0 Å².